The summed E-state index contributed by atoms with van der Waals surface area (Å²) >= 11 is 0. The molecule has 2 unspecified atom stereocenters. The molecule has 7 heteroatoms. The van der Waals surface area contributed by atoms with Gasteiger partial charge in [0.15, 0.2) is 9.84 Å². The minimum atomic E-state index is -3.72. The third-order valence-electron chi connectivity index (χ3n) is 3.53. The van der Waals surface area contributed by atoms with Gasteiger partial charge in [-0.05, 0) is 12.1 Å². The van der Waals surface area contributed by atoms with Gasteiger partial charge < -0.3 is 21.7 Å². The van der Waals surface area contributed by atoms with E-state index in [0.717, 1.165) is 0 Å². The SMILES string of the molecule is Nc1ccccc1C(O)CS(=O)(=O)CC(O)c1ccccc1N. The van der Waals surface area contributed by atoms with Crippen LogP contribution in [0.15, 0.2) is 48.5 Å². The molecule has 23 heavy (non-hydrogen) atoms. The molecule has 0 aliphatic rings. The molecule has 0 heterocycles. The molecule has 0 aliphatic carbocycles. The van der Waals surface area contributed by atoms with E-state index in [-0.39, 0.29) is 0 Å². The smallest absolute Gasteiger partial charge is 0.156 e. The third kappa shape index (κ3) is 4.44. The summed E-state index contributed by atoms with van der Waals surface area (Å²) in [7, 11) is -3.72. The van der Waals surface area contributed by atoms with Crippen LogP contribution >= 0.6 is 0 Å². The zero-order valence-corrected chi connectivity index (χ0v) is 13.3. The van der Waals surface area contributed by atoms with E-state index in [9.17, 15) is 18.6 Å². The number of benzene rings is 2. The van der Waals surface area contributed by atoms with Gasteiger partial charge >= 0.3 is 0 Å². The molecular weight excluding hydrogens is 316 g/mol. The number of aliphatic hydroxyl groups is 2. The summed E-state index contributed by atoms with van der Waals surface area (Å²) in [6.07, 6.45) is -2.50. The molecule has 0 amide bonds. The Morgan fingerprint density at radius 3 is 1.48 bits per heavy atom. The Hall–Kier alpha value is -2.09. The van der Waals surface area contributed by atoms with E-state index in [2.05, 4.69) is 0 Å². The Bertz CT molecular complexity index is 718. The van der Waals surface area contributed by atoms with E-state index in [1.807, 2.05) is 0 Å². The maximum atomic E-state index is 12.2. The normalized spacial score (nSPS) is 14.3. The summed E-state index contributed by atoms with van der Waals surface area (Å²) in [6.45, 7) is 0. The van der Waals surface area contributed by atoms with Crippen molar-refractivity contribution in [2.45, 2.75) is 12.2 Å². The summed E-state index contributed by atoms with van der Waals surface area (Å²) in [5.74, 6) is -1.05. The van der Waals surface area contributed by atoms with Crippen molar-refractivity contribution in [1.82, 2.24) is 0 Å². The van der Waals surface area contributed by atoms with Crippen LogP contribution in [0, 0.1) is 0 Å². The van der Waals surface area contributed by atoms with Crippen molar-refractivity contribution in [3.8, 4) is 0 Å². The quantitative estimate of drug-likeness (QED) is 0.584. The first kappa shape index (κ1) is 17.3. The van der Waals surface area contributed by atoms with Crippen LogP contribution in [0.5, 0.6) is 0 Å². The average molecular weight is 336 g/mol. The first-order valence-corrected chi connectivity index (χ1v) is 8.87. The highest BCUT2D eigenvalue weighted by Crippen LogP contribution is 2.25. The molecule has 0 aromatic heterocycles. The van der Waals surface area contributed by atoms with Crippen molar-refractivity contribution >= 4 is 21.2 Å². The van der Waals surface area contributed by atoms with E-state index >= 15 is 0 Å². The summed E-state index contributed by atoms with van der Waals surface area (Å²) in [6, 6.07) is 13.0. The minimum Gasteiger partial charge on any atom is -0.398 e. The van der Waals surface area contributed by atoms with Gasteiger partial charge in [0, 0.05) is 22.5 Å². The van der Waals surface area contributed by atoms with Gasteiger partial charge in [-0.2, -0.15) is 0 Å². The standard InChI is InChI=1S/C16H20N2O4S/c17-13-7-3-1-5-11(13)15(19)9-23(21,22)10-16(20)12-6-2-4-8-14(12)18/h1-8,15-16,19-20H,9-10,17-18H2. The van der Waals surface area contributed by atoms with Gasteiger partial charge in [-0.15, -0.1) is 0 Å². The number of sulfone groups is 1. The predicted octanol–water partition coefficient (Wildman–Crippen LogP) is 1.03. The molecule has 2 aromatic rings. The maximum Gasteiger partial charge on any atom is 0.156 e. The van der Waals surface area contributed by atoms with E-state index in [1.165, 1.54) is 0 Å². The molecule has 2 atom stereocenters. The number of nitrogens with two attached hydrogens (primary N) is 2. The van der Waals surface area contributed by atoms with Crippen molar-refractivity contribution in [2.75, 3.05) is 23.0 Å². The molecule has 0 saturated heterocycles. The van der Waals surface area contributed by atoms with Crippen molar-refractivity contribution in [1.29, 1.82) is 0 Å². The average Bonchev–Trinajstić information content (AvgIpc) is 2.46. The van der Waals surface area contributed by atoms with Gasteiger partial charge in [0.05, 0.1) is 23.7 Å². The van der Waals surface area contributed by atoms with Crippen LogP contribution in [0.2, 0.25) is 0 Å². The molecule has 0 spiro atoms. The van der Waals surface area contributed by atoms with Crippen LogP contribution in [-0.4, -0.2) is 30.1 Å². The van der Waals surface area contributed by atoms with Gasteiger partial charge in [-0.3, -0.25) is 0 Å². The van der Waals surface area contributed by atoms with E-state index in [4.69, 9.17) is 11.5 Å². The fourth-order valence-electron chi connectivity index (χ4n) is 2.36. The Balaban J connectivity index is 2.10. The zero-order valence-electron chi connectivity index (χ0n) is 12.5. The van der Waals surface area contributed by atoms with Crippen LogP contribution in [-0.2, 0) is 9.84 Å². The summed E-state index contributed by atoms with van der Waals surface area (Å²) in [5.41, 5.74) is 12.8. The van der Waals surface area contributed by atoms with Gasteiger partial charge in [0.25, 0.3) is 0 Å². The van der Waals surface area contributed by atoms with Crippen LogP contribution < -0.4 is 11.5 Å². The molecule has 2 aromatic carbocycles. The molecule has 6 N–H and O–H groups in total. The number of rotatable bonds is 6. The maximum absolute atomic E-state index is 12.2. The van der Waals surface area contributed by atoms with E-state index in [0.29, 0.717) is 22.5 Å². The highest BCUT2D eigenvalue weighted by atomic mass is 32.2. The second kappa shape index (κ2) is 6.99. The number of para-hydroxylation sites is 2. The lowest BCUT2D eigenvalue weighted by Crippen LogP contribution is -2.22. The molecule has 0 saturated carbocycles. The first-order chi connectivity index (χ1) is 10.8. The highest BCUT2D eigenvalue weighted by Gasteiger charge is 2.24. The largest absolute Gasteiger partial charge is 0.398 e. The lowest BCUT2D eigenvalue weighted by atomic mass is 10.1. The zero-order chi connectivity index (χ0) is 17.0. The van der Waals surface area contributed by atoms with Crippen LogP contribution in [0.1, 0.15) is 23.3 Å². The second-order valence-electron chi connectivity index (χ2n) is 5.37. The molecule has 0 fully saturated rings. The highest BCUT2D eigenvalue weighted by molar-refractivity contribution is 7.91. The van der Waals surface area contributed by atoms with Gasteiger partial charge in [0.1, 0.15) is 0 Å². The van der Waals surface area contributed by atoms with E-state index in [1.54, 1.807) is 48.5 Å². The topological polar surface area (TPSA) is 127 Å². The van der Waals surface area contributed by atoms with Crippen molar-refractivity contribution in [2.24, 2.45) is 0 Å². The molecule has 0 radical (unpaired) electrons. The van der Waals surface area contributed by atoms with Crippen LogP contribution in [0.25, 0.3) is 0 Å². The Morgan fingerprint density at radius 2 is 1.13 bits per heavy atom. The van der Waals surface area contributed by atoms with E-state index < -0.39 is 33.6 Å². The number of aliphatic hydroxyl groups excluding tert-OH is 2. The van der Waals surface area contributed by atoms with Crippen molar-refractivity contribution < 1.29 is 18.6 Å². The van der Waals surface area contributed by atoms with Crippen molar-refractivity contribution in [3.05, 3.63) is 59.7 Å². The molecule has 124 valence electrons. The lowest BCUT2D eigenvalue weighted by molar-refractivity contribution is 0.195. The Kier molecular flexibility index (Phi) is 5.25. The third-order valence-corrected chi connectivity index (χ3v) is 5.18. The fourth-order valence-corrected chi connectivity index (χ4v) is 3.81. The summed E-state index contributed by atoms with van der Waals surface area (Å²) in [5, 5.41) is 20.2. The number of hydrogen-bond donors (Lipinski definition) is 4. The van der Waals surface area contributed by atoms with Crippen LogP contribution in [0.4, 0.5) is 11.4 Å². The monoisotopic (exact) mass is 336 g/mol. The lowest BCUT2D eigenvalue weighted by Gasteiger charge is -2.17. The first-order valence-electron chi connectivity index (χ1n) is 7.05. The molecule has 0 aliphatic heterocycles. The van der Waals surface area contributed by atoms with Crippen molar-refractivity contribution in [3.63, 3.8) is 0 Å². The molecule has 6 nitrogen and oxygen atoms in total. The predicted molar refractivity (Wildman–Crippen MR) is 90.3 cm³/mol. The second-order valence-corrected chi connectivity index (χ2v) is 7.52. The van der Waals surface area contributed by atoms with Gasteiger partial charge in [-0.1, -0.05) is 36.4 Å². The number of hydrogen-bond acceptors (Lipinski definition) is 6. The van der Waals surface area contributed by atoms with Crippen LogP contribution in [0.3, 0.4) is 0 Å². The molecular formula is C16H20N2O4S. The molecule has 0 bridgehead atoms. The Morgan fingerprint density at radius 1 is 0.783 bits per heavy atom. The fraction of sp³-hybridized carbons (Fsp3) is 0.250. The summed E-state index contributed by atoms with van der Waals surface area (Å²) < 4.78 is 24.4. The van der Waals surface area contributed by atoms with Gasteiger partial charge in [0.2, 0.25) is 0 Å². The number of nitrogen functional groups attached to an aromatic ring is 2. The number of anilines is 2. The minimum absolute atomic E-state index is 0.322. The summed E-state index contributed by atoms with van der Waals surface area (Å²) in [4.78, 5) is 0. The van der Waals surface area contributed by atoms with Gasteiger partial charge in [-0.25, -0.2) is 8.42 Å². The Labute approximate surface area is 135 Å². The molecule has 2 rings (SSSR count).